The second kappa shape index (κ2) is 8.00. The first-order valence-corrected chi connectivity index (χ1v) is 10.9. The summed E-state index contributed by atoms with van der Waals surface area (Å²) in [4.78, 5) is 19.5. The maximum atomic E-state index is 12.7. The number of rotatable bonds is 4. The largest absolute Gasteiger partial charge is 0.355 e. The zero-order chi connectivity index (χ0) is 20.5. The summed E-state index contributed by atoms with van der Waals surface area (Å²) >= 11 is 7.37. The fraction of sp³-hybridized carbons (Fsp3) is 0.250. The molecule has 1 aliphatic rings. The Labute approximate surface area is 181 Å². The smallest absolute Gasteiger partial charge is 0.229 e. The molecule has 1 amide bonds. The third-order valence-electron chi connectivity index (χ3n) is 5.21. The van der Waals surface area contributed by atoms with Crippen LogP contribution in [0.1, 0.15) is 12.8 Å². The minimum Gasteiger partial charge on any atom is -0.355 e. The lowest BCUT2D eigenvalue weighted by atomic mass is 9.96. The zero-order valence-electron chi connectivity index (χ0n) is 15.9. The highest BCUT2D eigenvalue weighted by molar-refractivity contribution is 7.14. The number of anilines is 2. The van der Waals surface area contributed by atoms with Gasteiger partial charge in [-0.1, -0.05) is 23.7 Å². The van der Waals surface area contributed by atoms with Crippen molar-refractivity contribution in [3.05, 3.63) is 53.1 Å². The number of fused-ring (bicyclic) bond motifs is 1. The molecule has 30 heavy (non-hydrogen) atoms. The molecule has 3 aromatic heterocycles. The van der Waals surface area contributed by atoms with E-state index in [9.17, 15) is 4.79 Å². The Morgan fingerprint density at radius 3 is 2.73 bits per heavy atom. The Balaban J connectivity index is 1.19. The van der Waals surface area contributed by atoms with Crippen molar-refractivity contribution in [1.29, 1.82) is 0 Å². The number of carbonyl (C=O) groups is 1. The van der Waals surface area contributed by atoms with Crippen molar-refractivity contribution in [2.24, 2.45) is 5.92 Å². The molecule has 1 saturated heterocycles. The molecule has 0 atom stereocenters. The number of piperidine rings is 1. The van der Waals surface area contributed by atoms with E-state index in [0.717, 1.165) is 48.7 Å². The highest BCUT2D eigenvalue weighted by Crippen LogP contribution is 2.28. The summed E-state index contributed by atoms with van der Waals surface area (Å²) in [5.74, 6) is 0.852. The molecule has 0 bridgehead atoms. The summed E-state index contributed by atoms with van der Waals surface area (Å²) < 4.78 is 1.66. The first kappa shape index (κ1) is 19.0. The molecule has 8 nitrogen and oxygen atoms in total. The van der Waals surface area contributed by atoms with Crippen LogP contribution in [0.5, 0.6) is 0 Å². The van der Waals surface area contributed by atoms with E-state index in [0.29, 0.717) is 10.2 Å². The van der Waals surface area contributed by atoms with Crippen LogP contribution in [0.4, 0.5) is 10.9 Å². The molecule has 0 unspecified atom stereocenters. The molecular weight excluding hydrogens is 422 g/mol. The minimum absolute atomic E-state index is 0.0221. The molecule has 0 saturated carbocycles. The van der Waals surface area contributed by atoms with Crippen molar-refractivity contribution in [3.8, 4) is 11.3 Å². The van der Waals surface area contributed by atoms with Gasteiger partial charge in [0, 0.05) is 35.0 Å². The summed E-state index contributed by atoms with van der Waals surface area (Å²) in [7, 11) is 0. The van der Waals surface area contributed by atoms with Gasteiger partial charge < -0.3 is 10.2 Å². The van der Waals surface area contributed by atoms with Crippen molar-refractivity contribution < 1.29 is 4.79 Å². The standard InChI is InChI=1S/C20H18ClN7OS/c21-15-3-1-13(2-4-15)16-11-30-20(23-16)24-19(29)14-7-9-27(10-8-14)18-6-5-17-25-22-12-28(17)26-18/h1-6,11-12,14H,7-10H2,(H,23,24,29). The van der Waals surface area contributed by atoms with Gasteiger partial charge in [0.2, 0.25) is 5.91 Å². The number of halogens is 1. The maximum absolute atomic E-state index is 12.7. The fourth-order valence-corrected chi connectivity index (χ4v) is 4.40. The molecule has 1 aliphatic heterocycles. The van der Waals surface area contributed by atoms with Gasteiger partial charge in [0.05, 0.1) is 5.69 Å². The third kappa shape index (κ3) is 3.86. The SMILES string of the molecule is O=C(Nc1nc(-c2ccc(Cl)cc2)cs1)C1CCN(c2ccc3nncn3n2)CC1. The molecule has 5 rings (SSSR count). The second-order valence-electron chi connectivity index (χ2n) is 7.12. The molecule has 4 aromatic rings. The van der Waals surface area contributed by atoms with Crippen LogP contribution < -0.4 is 10.2 Å². The van der Waals surface area contributed by atoms with Crippen LogP contribution in [0.15, 0.2) is 48.1 Å². The number of aromatic nitrogens is 5. The number of hydrogen-bond donors (Lipinski definition) is 1. The number of thiazole rings is 1. The van der Waals surface area contributed by atoms with Gasteiger partial charge in [-0.2, -0.15) is 4.52 Å². The molecule has 1 fully saturated rings. The van der Waals surface area contributed by atoms with Crippen LogP contribution in [0.2, 0.25) is 5.02 Å². The van der Waals surface area contributed by atoms with Crippen molar-refractivity contribution in [2.75, 3.05) is 23.3 Å². The lowest BCUT2D eigenvalue weighted by Gasteiger charge is -2.31. The molecule has 0 spiro atoms. The van der Waals surface area contributed by atoms with Gasteiger partial charge >= 0.3 is 0 Å². The Morgan fingerprint density at radius 1 is 1.13 bits per heavy atom. The number of hydrogen-bond acceptors (Lipinski definition) is 7. The molecule has 0 aliphatic carbocycles. The predicted octanol–water partition coefficient (Wildman–Crippen LogP) is 3.76. The lowest BCUT2D eigenvalue weighted by Crippen LogP contribution is -2.38. The predicted molar refractivity (Wildman–Crippen MR) is 117 cm³/mol. The van der Waals surface area contributed by atoms with E-state index >= 15 is 0 Å². The van der Waals surface area contributed by atoms with Crippen molar-refractivity contribution in [2.45, 2.75) is 12.8 Å². The van der Waals surface area contributed by atoms with Gasteiger partial charge in [-0.15, -0.1) is 26.6 Å². The number of benzene rings is 1. The number of carbonyl (C=O) groups excluding carboxylic acids is 1. The topological polar surface area (TPSA) is 88.3 Å². The molecule has 0 radical (unpaired) electrons. The van der Waals surface area contributed by atoms with E-state index in [2.05, 4.69) is 30.5 Å². The van der Waals surface area contributed by atoms with E-state index in [1.807, 2.05) is 41.8 Å². The van der Waals surface area contributed by atoms with Gasteiger partial charge in [-0.05, 0) is 37.1 Å². The van der Waals surface area contributed by atoms with Crippen molar-refractivity contribution in [3.63, 3.8) is 0 Å². The van der Waals surface area contributed by atoms with E-state index < -0.39 is 0 Å². The van der Waals surface area contributed by atoms with Crippen molar-refractivity contribution >= 4 is 45.4 Å². The Bertz CT molecular complexity index is 1180. The molecule has 10 heteroatoms. The van der Waals surface area contributed by atoms with Crippen LogP contribution in [-0.2, 0) is 4.79 Å². The Kier molecular flexibility index (Phi) is 5.06. The van der Waals surface area contributed by atoms with E-state index in [1.54, 1.807) is 10.8 Å². The molecule has 152 valence electrons. The third-order valence-corrected chi connectivity index (χ3v) is 6.22. The highest BCUT2D eigenvalue weighted by atomic mass is 35.5. The molecule has 1 N–H and O–H groups in total. The average molecular weight is 440 g/mol. The van der Waals surface area contributed by atoms with Gasteiger partial charge in [0.25, 0.3) is 0 Å². The summed E-state index contributed by atoms with van der Waals surface area (Å²) in [5.41, 5.74) is 2.52. The van der Waals surface area contributed by atoms with E-state index in [-0.39, 0.29) is 11.8 Å². The van der Waals surface area contributed by atoms with Gasteiger partial charge in [0.1, 0.15) is 12.1 Å². The summed E-state index contributed by atoms with van der Waals surface area (Å²) in [6, 6.07) is 11.3. The number of nitrogens with zero attached hydrogens (tertiary/aromatic N) is 6. The Morgan fingerprint density at radius 2 is 1.93 bits per heavy atom. The van der Waals surface area contributed by atoms with E-state index in [4.69, 9.17) is 11.6 Å². The fourth-order valence-electron chi connectivity index (χ4n) is 3.55. The Hall–Kier alpha value is -3.04. The number of amides is 1. The first-order chi connectivity index (χ1) is 14.7. The second-order valence-corrected chi connectivity index (χ2v) is 8.42. The zero-order valence-corrected chi connectivity index (χ0v) is 17.5. The average Bonchev–Trinajstić information content (AvgIpc) is 3.43. The summed E-state index contributed by atoms with van der Waals surface area (Å²) in [6.45, 7) is 1.54. The summed E-state index contributed by atoms with van der Waals surface area (Å²) in [5, 5.41) is 18.6. The molecular formula is C20H18ClN7OS. The lowest BCUT2D eigenvalue weighted by molar-refractivity contribution is -0.120. The minimum atomic E-state index is -0.0391. The maximum Gasteiger partial charge on any atom is 0.229 e. The van der Waals surface area contributed by atoms with Crippen LogP contribution in [0.3, 0.4) is 0 Å². The first-order valence-electron chi connectivity index (χ1n) is 9.60. The number of nitrogens with one attached hydrogen (secondary N) is 1. The van der Waals surface area contributed by atoms with E-state index in [1.165, 1.54) is 11.3 Å². The normalized spacial score (nSPS) is 14.9. The van der Waals surface area contributed by atoms with Crippen LogP contribution in [0.25, 0.3) is 16.9 Å². The summed E-state index contributed by atoms with van der Waals surface area (Å²) in [6.07, 6.45) is 3.12. The molecule has 1 aromatic carbocycles. The highest BCUT2D eigenvalue weighted by Gasteiger charge is 2.26. The van der Waals surface area contributed by atoms with Crippen LogP contribution in [0, 0.1) is 5.92 Å². The molecule has 4 heterocycles. The van der Waals surface area contributed by atoms with Crippen LogP contribution >= 0.6 is 22.9 Å². The van der Waals surface area contributed by atoms with Crippen LogP contribution in [-0.4, -0.2) is 43.8 Å². The van der Waals surface area contributed by atoms with Gasteiger partial charge in [-0.3, -0.25) is 4.79 Å². The monoisotopic (exact) mass is 439 g/mol. The van der Waals surface area contributed by atoms with Crippen molar-refractivity contribution in [1.82, 2.24) is 24.8 Å². The van der Waals surface area contributed by atoms with Gasteiger partial charge in [-0.25, -0.2) is 4.98 Å². The van der Waals surface area contributed by atoms with Gasteiger partial charge in [0.15, 0.2) is 10.8 Å². The quantitative estimate of drug-likeness (QED) is 0.521.